The Kier molecular flexibility index (Phi) is 7.30. The van der Waals surface area contributed by atoms with Crippen molar-refractivity contribution in [2.75, 3.05) is 6.61 Å². The van der Waals surface area contributed by atoms with E-state index in [2.05, 4.69) is 0 Å². The summed E-state index contributed by atoms with van der Waals surface area (Å²) in [5, 5.41) is 9.15. The number of carboxylic acid groups (broad SMARTS) is 1. The minimum atomic E-state index is -0.859. The molecule has 0 amide bonds. The summed E-state index contributed by atoms with van der Waals surface area (Å²) >= 11 is 0. The van der Waals surface area contributed by atoms with E-state index in [0.29, 0.717) is 24.0 Å². The number of halogens is 2. The number of ether oxygens (including phenoxy) is 1. The summed E-state index contributed by atoms with van der Waals surface area (Å²) in [6.07, 6.45) is 9.07. The first-order valence-electron chi connectivity index (χ1n) is 10.8. The lowest BCUT2D eigenvalue weighted by Gasteiger charge is -2.37. The van der Waals surface area contributed by atoms with E-state index in [9.17, 15) is 13.6 Å². The van der Waals surface area contributed by atoms with Crippen LogP contribution in [0.15, 0.2) is 12.1 Å². The predicted octanol–water partition coefficient (Wildman–Crippen LogP) is 6.31. The molecule has 0 bridgehead atoms. The molecule has 0 aliphatic heterocycles. The largest absolute Gasteiger partial charge is 0.490 e. The van der Waals surface area contributed by atoms with E-state index in [4.69, 9.17) is 9.84 Å². The Bertz CT molecular complexity index is 660. The molecular weight excluding hydrogens is 362 g/mol. The molecule has 2 aliphatic rings. The smallest absolute Gasteiger partial charge is 0.306 e. The monoisotopic (exact) mass is 394 g/mol. The van der Waals surface area contributed by atoms with Gasteiger partial charge in [0.2, 0.25) is 5.82 Å². The number of benzene rings is 1. The molecule has 2 saturated carbocycles. The van der Waals surface area contributed by atoms with Gasteiger partial charge in [0.1, 0.15) is 0 Å². The average Bonchev–Trinajstić information content (AvgIpc) is 2.72. The lowest BCUT2D eigenvalue weighted by molar-refractivity contribution is -0.143. The molecule has 0 heterocycles. The van der Waals surface area contributed by atoms with Gasteiger partial charge in [-0.05, 0) is 87.2 Å². The average molecular weight is 395 g/mol. The molecule has 0 aromatic heterocycles. The number of carboxylic acids is 1. The van der Waals surface area contributed by atoms with Crippen molar-refractivity contribution in [2.24, 2.45) is 17.8 Å². The maximum absolute atomic E-state index is 14.6. The molecular formula is C23H32F2O3. The van der Waals surface area contributed by atoms with Crippen LogP contribution in [0, 0.1) is 29.4 Å². The summed E-state index contributed by atoms with van der Waals surface area (Å²) in [4.78, 5) is 11.1. The first-order valence-corrected chi connectivity index (χ1v) is 10.8. The molecule has 1 aromatic carbocycles. The molecule has 156 valence electrons. The standard InChI is InChI=1S/C23H32F2O3/c1-2-3-14-28-20-13-12-19(21(24)22(20)25)17-8-4-15(5-9-17)16-6-10-18(11-7-16)23(26)27/h12-13,15-18H,2-11,14H2,1H3,(H,26,27). The molecule has 5 heteroatoms. The Morgan fingerprint density at radius 1 is 1.00 bits per heavy atom. The van der Waals surface area contributed by atoms with E-state index in [1.807, 2.05) is 6.92 Å². The Morgan fingerprint density at radius 2 is 1.61 bits per heavy atom. The molecule has 0 spiro atoms. The van der Waals surface area contributed by atoms with Crippen molar-refractivity contribution in [1.29, 1.82) is 0 Å². The summed E-state index contributed by atoms with van der Waals surface area (Å²) < 4.78 is 34.3. The summed E-state index contributed by atoms with van der Waals surface area (Å²) in [7, 11) is 0. The fourth-order valence-corrected chi connectivity index (χ4v) is 5.04. The SMILES string of the molecule is CCCCOc1ccc(C2CCC(C3CCC(C(=O)O)CC3)CC2)c(F)c1F. The maximum Gasteiger partial charge on any atom is 0.306 e. The van der Waals surface area contributed by atoms with Crippen LogP contribution in [0.3, 0.4) is 0 Å². The van der Waals surface area contributed by atoms with E-state index in [1.54, 1.807) is 12.1 Å². The first kappa shape index (κ1) is 21.1. The van der Waals surface area contributed by atoms with E-state index in [0.717, 1.165) is 64.2 Å². The third-order valence-corrected chi connectivity index (χ3v) is 6.83. The van der Waals surface area contributed by atoms with Crippen molar-refractivity contribution < 1.29 is 23.4 Å². The predicted molar refractivity (Wildman–Crippen MR) is 105 cm³/mol. The number of hydrogen-bond acceptors (Lipinski definition) is 2. The lowest BCUT2D eigenvalue weighted by Crippen LogP contribution is -2.28. The van der Waals surface area contributed by atoms with Gasteiger partial charge in [0.25, 0.3) is 0 Å². The second kappa shape index (κ2) is 9.71. The van der Waals surface area contributed by atoms with Crippen molar-refractivity contribution in [1.82, 2.24) is 0 Å². The Balaban J connectivity index is 1.55. The van der Waals surface area contributed by atoms with Gasteiger partial charge in [-0.25, -0.2) is 4.39 Å². The number of aliphatic carboxylic acids is 1. The molecule has 2 aliphatic carbocycles. The molecule has 1 aromatic rings. The van der Waals surface area contributed by atoms with Crippen LogP contribution >= 0.6 is 0 Å². The Hall–Kier alpha value is -1.65. The van der Waals surface area contributed by atoms with Gasteiger partial charge >= 0.3 is 5.97 Å². The van der Waals surface area contributed by atoms with Gasteiger partial charge in [-0.1, -0.05) is 19.4 Å². The number of hydrogen-bond donors (Lipinski definition) is 1. The highest BCUT2D eigenvalue weighted by Gasteiger charge is 2.34. The van der Waals surface area contributed by atoms with Crippen LogP contribution in [0.25, 0.3) is 0 Å². The van der Waals surface area contributed by atoms with Gasteiger partial charge in [-0.3, -0.25) is 4.79 Å². The number of rotatable bonds is 7. The highest BCUT2D eigenvalue weighted by molar-refractivity contribution is 5.69. The molecule has 2 fully saturated rings. The Labute approximate surface area is 166 Å². The molecule has 3 rings (SSSR count). The van der Waals surface area contributed by atoms with Gasteiger partial charge in [0, 0.05) is 0 Å². The van der Waals surface area contributed by atoms with Crippen molar-refractivity contribution in [3.05, 3.63) is 29.3 Å². The fraction of sp³-hybridized carbons (Fsp3) is 0.696. The third kappa shape index (κ3) is 4.84. The van der Waals surface area contributed by atoms with Crippen LogP contribution in [0.5, 0.6) is 5.75 Å². The second-order valence-corrected chi connectivity index (χ2v) is 8.54. The molecule has 0 unspecified atom stereocenters. The molecule has 0 saturated heterocycles. The van der Waals surface area contributed by atoms with E-state index >= 15 is 0 Å². The van der Waals surface area contributed by atoms with Crippen LogP contribution in [0.2, 0.25) is 0 Å². The van der Waals surface area contributed by atoms with Crippen molar-refractivity contribution in [3.8, 4) is 5.75 Å². The van der Waals surface area contributed by atoms with Crippen LogP contribution in [-0.4, -0.2) is 17.7 Å². The molecule has 1 N–H and O–H groups in total. The summed E-state index contributed by atoms with van der Waals surface area (Å²) in [6.45, 7) is 2.43. The van der Waals surface area contributed by atoms with E-state index in [-0.39, 0.29) is 17.6 Å². The zero-order valence-electron chi connectivity index (χ0n) is 16.8. The third-order valence-electron chi connectivity index (χ3n) is 6.83. The van der Waals surface area contributed by atoms with E-state index < -0.39 is 17.6 Å². The van der Waals surface area contributed by atoms with Crippen molar-refractivity contribution in [2.45, 2.75) is 77.0 Å². The fourth-order valence-electron chi connectivity index (χ4n) is 5.04. The maximum atomic E-state index is 14.6. The minimum Gasteiger partial charge on any atom is -0.490 e. The number of unbranched alkanes of at least 4 members (excludes halogenated alkanes) is 1. The molecule has 0 atom stereocenters. The van der Waals surface area contributed by atoms with Gasteiger partial charge < -0.3 is 9.84 Å². The van der Waals surface area contributed by atoms with Gasteiger partial charge in [-0.15, -0.1) is 0 Å². The van der Waals surface area contributed by atoms with Crippen LogP contribution in [0.4, 0.5) is 8.78 Å². The summed E-state index contributed by atoms with van der Waals surface area (Å²) in [5.41, 5.74) is 0.480. The van der Waals surface area contributed by atoms with Crippen LogP contribution in [-0.2, 0) is 4.79 Å². The molecule has 0 radical (unpaired) electrons. The highest BCUT2D eigenvalue weighted by atomic mass is 19.2. The zero-order valence-corrected chi connectivity index (χ0v) is 16.8. The second-order valence-electron chi connectivity index (χ2n) is 8.54. The van der Waals surface area contributed by atoms with Crippen LogP contribution < -0.4 is 4.74 Å². The normalized spacial score (nSPS) is 28.1. The van der Waals surface area contributed by atoms with Gasteiger partial charge in [0.15, 0.2) is 11.6 Å². The van der Waals surface area contributed by atoms with Gasteiger partial charge in [-0.2, -0.15) is 4.39 Å². The topological polar surface area (TPSA) is 46.5 Å². The number of carbonyl (C=O) groups is 1. The van der Waals surface area contributed by atoms with Gasteiger partial charge in [0.05, 0.1) is 12.5 Å². The first-order chi connectivity index (χ1) is 13.5. The minimum absolute atomic E-state index is 0.0126. The summed E-state index contributed by atoms with van der Waals surface area (Å²) in [6, 6.07) is 3.27. The zero-order chi connectivity index (χ0) is 20.1. The summed E-state index contributed by atoms with van der Waals surface area (Å²) in [5.74, 6) is -1.20. The Morgan fingerprint density at radius 3 is 2.18 bits per heavy atom. The lowest BCUT2D eigenvalue weighted by atomic mass is 9.68. The van der Waals surface area contributed by atoms with Crippen LogP contribution in [0.1, 0.15) is 82.6 Å². The van der Waals surface area contributed by atoms with Crippen molar-refractivity contribution >= 4 is 5.97 Å². The molecule has 28 heavy (non-hydrogen) atoms. The quantitative estimate of drug-likeness (QED) is 0.551. The van der Waals surface area contributed by atoms with E-state index in [1.165, 1.54) is 0 Å². The van der Waals surface area contributed by atoms with Crippen molar-refractivity contribution in [3.63, 3.8) is 0 Å². The molecule has 3 nitrogen and oxygen atoms in total. The highest BCUT2D eigenvalue weighted by Crippen LogP contribution is 2.44.